The topological polar surface area (TPSA) is 187 Å². The van der Waals surface area contributed by atoms with Crippen molar-refractivity contribution in [2.45, 2.75) is 26.3 Å². The van der Waals surface area contributed by atoms with E-state index in [9.17, 15) is 19.2 Å². The minimum absolute atomic E-state index is 0.126. The molecule has 0 radical (unpaired) electrons. The predicted octanol–water partition coefficient (Wildman–Crippen LogP) is 8.51. The number of urea groups is 2. The van der Waals surface area contributed by atoms with Gasteiger partial charge in [-0.2, -0.15) is 0 Å². The molecular formula is C46H40N6O6. The predicted molar refractivity (Wildman–Crippen MR) is 226 cm³/mol. The average molecular weight is 773 g/mol. The minimum atomic E-state index is -0.528. The van der Waals surface area contributed by atoms with Gasteiger partial charge in [0.15, 0.2) is 0 Å². The first-order chi connectivity index (χ1) is 28.2. The lowest BCUT2D eigenvalue weighted by Gasteiger charge is -2.18. The number of carbonyl (C=O) groups excluding carboxylic acids is 4. The molecule has 4 amide bonds. The Bertz CT molecular complexity index is 2400. The number of rotatable bonds is 12. The number of amides is 4. The molecule has 7 aromatic carbocycles. The van der Waals surface area contributed by atoms with Gasteiger partial charge in [0, 0.05) is 13.1 Å². The van der Waals surface area contributed by atoms with Crippen LogP contribution in [-0.2, 0) is 35.8 Å². The Hall–Kier alpha value is -7.86. The van der Waals surface area contributed by atoms with Gasteiger partial charge in [-0.3, -0.25) is 0 Å². The van der Waals surface area contributed by atoms with Crippen molar-refractivity contribution in [1.29, 1.82) is 0 Å². The molecule has 290 valence electrons. The van der Waals surface area contributed by atoms with Crippen LogP contribution in [0.25, 0.3) is 21.5 Å². The summed E-state index contributed by atoms with van der Waals surface area (Å²) in [5.74, 6) is -1.06. The molecule has 12 nitrogen and oxygen atoms in total. The number of esters is 2. The first-order valence-electron chi connectivity index (χ1n) is 18.5. The molecule has 8 N–H and O–H groups in total. The van der Waals surface area contributed by atoms with E-state index in [1.54, 1.807) is 24.3 Å². The highest BCUT2D eigenvalue weighted by Gasteiger charge is 2.17. The Morgan fingerprint density at radius 1 is 0.448 bits per heavy atom. The lowest BCUT2D eigenvalue weighted by Crippen LogP contribution is -2.29. The Balaban J connectivity index is 0.995. The number of nitrogen functional groups attached to an aromatic ring is 2. The number of hydrogen-bond acceptors (Lipinski definition) is 8. The van der Waals surface area contributed by atoms with Crippen molar-refractivity contribution in [3.63, 3.8) is 0 Å². The van der Waals surface area contributed by atoms with Crippen molar-refractivity contribution >= 4 is 68.3 Å². The second-order valence-corrected chi connectivity index (χ2v) is 13.4. The first kappa shape index (κ1) is 38.4. The first-order valence-corrected chi connectivity index (χ1v) is 18.5. The number of carbonyl (C=O) groups is 4. The summed E-state index contributed by atoms with van der Waals surface area (Å²) < 4.78 is 10.8. The fourth-order valence-electron chi connectivity index (χ4n) is 6.58. The molecule has 0 atom stereocenters. The highest BCUT2D eigenvalue weighted by Crippen LogP contribution is 2.33. The van der Waals surface area contributed by atoms with Gasteiger partial charge in [0.1, 0.15) is 13.2 Å². The molecular weight excluding hydrogens is 733 g/mol. The molecule has 0 bridgehead atoms. The average Bonchev–Trinajstić information content (AvgIpc) is 3.25. The molecule has 0 heterocycles. The van der Waals surface area contributed by atoms with Crippen LogP contribution < -0.4 is 32.7 Å². The monoisotopic (exact) mass is 772 g/mol. The van der Waals surface area contributed by atoms with Crippen molar-refractivity contribution in [1.82, 2.24) is 10.6 Å². The van der Waals surface area contributed by atoms with Crippen LogP contribution in [0.1, 0.15) is 43.0 Å². The number of anilines is 4. The molecule has 0 unspecified atom stereocenters. The van der Waals surface area contributed by atoms with Crippen molar-refractivity contribution < 1.29 is 28.7 Å². The molecule has 0 aliphatic carbocycles. The van der Waals surface area contributed by atoms with E-state index in [-0.39, 0.29) is 48.8 Å². The fraction of sp³-hybridized carbons (Fsp3) is 0.0870. The van der Waals surface area contributed by atoms with Gasteiger partial charge in [-0.25, -0.2) is 19.2 Å². The summed E-state index contributed by atoms with van der Waals surface area (Å²) in [6, 6.07) is 42.4. The lowest BCUT2D eigenvalue weighted by molar-refractivity contribution is 0.0464. The third kappa shape index (κ3) is 9.15. The summed E-state index contributed by atoms with van der Waals surface area (Å²) in [6.07, 6.45) is 0. The van der Waals surface area contributed by atoms with E-state index in [4.69, 9.17) is 20.9 Å². The van der Waals surface area contributed by atoms with Gasteiger partial charge in [-0.15, -0.1) is 0 Å². The second kappa shape index (κ2) is 17.7. The Morgan fingerprint density at radius 3 is 1.14 bits per heavy atom. The number of fused-ring (bicyclic) bond motifs is 2. The van der Waals surface area contributed by atoms with Crippen molar-refractivity contribution in [2.75, 3.05) is 22.1 Å². The third-order valence-corrected chi connectivity index (χ3v) is 9.50. The molecule has 0 spiro atoms. The summed E-state index contributed by atoms with van der Waals surface area (Å²) in [6.45, 7) is 0.613. The molecule has 0 aliphatic rings. The van der Waals surface area contributed by atoms with E-state index >= 15 is 0 Å². The minimum Gasteiger partial charge on any atom is -0.457 e. The quantitative estimate of drug-likeness (QED) is 0.0405. The SMILES string of the molecule is Nc1cc(C(=O)OCc2ccccc2)ccc1NC(=O)NCc1c2ccccc2c(CNC(=O)Nc2ccc(C(=O)OCc3ccccc3)cc2N)c2ccccc12. The van der Waals surface area contributed by atoms with Gasteiger partial charge in [-0.1, -0.05) is 109 Å². The van der Waals surface area contributed by atoms with Crippen LogP contribution in [0.4, 0.5) is 32.3 Å². The third-order valence-electron chi connectivity index (χ3n) is 9.50. The highest BCUT2D eigenvalue weighted by atomic mass is 16.5. The molecule has 7 rings (SSSR count). The number of benzene rings is 7. The fourth-order valence-corrected chi connectivity index (χ4v) is 6.58. The zero-order valence-electron chi connectivity index (χ0n) is 31.3. The van der Waals surface area contributed by atoms with E-state index in [2.05, 4.69) is 21.3 Å². The van der Waals surface area contributed by atoms with Crippen LogP contribution in [0.5, 0.6) is 0 Å². The standard InChI is InChI=1S/C46H40N6O6/c47-39-23-31(43(53)57-27-29-11-3-1-4-12-29)19-21-41(39)51-45(55)49-25-37-33-15-7-9-17-35(33)38(36-18-10-8-16-34(36)37)26-50-46(56)52-42-22-20-32(24-40(42)48)44(54)58-28-30-13-5-2-6-14-30/h1-24H,25-28,47-48H2,(H2,49,51,55)(H2,50,52,56). The number of ether oxygens (including phenoxy) is 2. The molecule has 0 aromatic heterocycles. The van der Waals surface area contributed by atoms with Gasteiger partial charge in [-0.05, 0) is 80.2 Å². The Kier molecular flexibility index (Phi) is 11.7. The second-order valence-electron chi connectivity index (χ2n) is 13.4. The zero-order chi connectivity index (χ0) is 40.4. The van der Waals surface area contributed by atoms with Gasteiger partial charge < -0.3 is 42.2 Å². The lowest BCUT2D eigenvalue weighted by atomic mass is 9.91. The van der Waals surface area contributed by atoms with Gasteiger partial charge in [0.2, 0.25) is 0 Å². The molecule has 0 saturated heterocycles. The van der Waals surface area contributed by atoms with Crippen LogP contribution in [0.15, 0.2) is 146 Å². The van der Waals surface area contributed by atoms with Crippen LogP contribution in [-0.4, -0.2) is 24.0 Å². The molecule has 58 heavy (non-hydrogen) atoms. The van der Waals surface area contributed by atoms with Crippen molar-refractivity contribution in [3.8, 4) is 0 Å². The van der Waals surface area contributed by atoms with Crippen LogP contribution >= 0.6 is 0 Å². The summed E-state index contributed by atoms with van der Waals surface area (Å²) in [5.41, 5.74) is 17.6. The normalized spacial score (nSPS) is 10.8. The van der Waals surface area contributed by atoms with Crippen LogP contribution in [0.3, 0.4) is 0 Å². The molecule has 7 aromatic rings. The van der Waals surface area contributed by atoms with E-state index < -0.39 is 24.0 Å². The van der Waals surface area contributed by atoms with E-state index in [1.165, 1.54) is 12.1 Å². The number of nitrogens with two attached hydrogens (primary N) is 2. The zero-order valence-corrected chi connectivity index (χ0v) is 31.3. The summed E-state index contributed by atoms with van der Waals surface area (Å²) in [5, 5.41) is 15.0. The largest absolute Gasteiger partial charge is 0.457 e. The van der Waals surface area contributed by atoms with Gasteiger partial charge in [0.25, 0.3) is 0 Å². The Labute approximate surface area is 334 Å². The van der Waals surface area contributed by atoms with Crippen LogP contribution in [0.2, 0.25) is 0 Å². The maximum Gasteiger partial charge on any atom is 0.338 e. The van der Waals surface area contributed by atoms with Crippen LogP contribution in [0, 0.1) is 0 Å². The van der Waals surface area contributed by atoms with E-state index in [1.807, 2.05) is 109 Å². The van der Waals surface area contributed by atoms with Gasteiger partial charge in [0.05, 0.1) is 33.9 Å². The summed E-state index contributed by atoms with van der Waals surface area (Å²) in [7, 11) is 0. The smallest absolute Gasteiger partial charge is 0.338 e. The van der Waals surface area contributed by atoms with Crippen molar-refractivity contribution in [3.05, 3.63) is 179 Å². The molecule has 0 fully saturated rings. The Morgan fingerprint density at radius 2 is 0.793 bits per heavy atom. The maximum absolute atomic E-state index is 13.2. The molecule has 0 aliphatic heterocycles. The van der Waals surface area contributed by atoms with Crippen molar-refractivity contribution in [2.24, 2.45) is 0 Å². The molecule has 0 saturated carbocycles. The molecule has 12 heteroatoms. The summed E-state index contributed by atoms with van der Waals surface area (Å²) >= 11 is 0. The van der Waals surface area contributed by atoms with E-state index in [0.29, 0.717) is 11.4 Å². The highest BCUT2D eigenvalue weighted by molar-refractivity contribution is 6.07. The maximum atomic E-state index is 13.2. The summed E-state index contributed by atoms with van der Waals surface area (Å²) in [4.78, 5) is 51.6. The van der Waals surface area contributed by atoms with Gasteiger partial charge >= 0.3 is 24.0 Å². The van der Waals surface area contributed by atoms with E-state index in [0.717, 1.165) is 43.8 Å². The number of nitrogens with one attached hydrogen (secondary N) is 4. The number of hydrogen-bond donors (Lipinski definition) is 6.